The van der Waals surface area contributed by atoms with Crippen molar-refractivity contribution >= 4 is 11.3 Å². The van der Waals surface area contributed by atoms with Crippen molar-refractivity contribution < 1.29 is 13.2 Å². The summed E-state index contributed by atoms with van der Waals surface area (Å²) in [4.78, 5) is 2.40. The second-order valence-corrected chi connectivity index (χ2v) is 6.19. The third-order valence-corrected chi connectivity index (χ3v) is 4.39. The van der Waals surface area contributed by atoms with E-state index in [1.807, 2.05) is 6.92 Å². The molecule has 0 amide bonds. The van der Waals surface area contributed by atoms with Gasteiger partial charge in [0.25, 0.3) is 0 Å². The van der Waals surface area contributed by atoms with Gasteiger partial charge in [0.1, 0.15) is 0 Å². The molecule has 1 aromatic heterocycles. The molecule has 0 aliphatic carbocycles. The molecule has 0 aromatic carbocycles. The second kappa shape index (κ2) is 7.29. The average Bonchev–Trinajstić information content (AvgIpc) is 2.62. The molecule has 0 saturated carbocycles. The van der Waals surface area contributed by atoms with Gasteiger partial charge in [0.2, 0.25) is 0 Å². The van der Waals surface area contributed by atoms with E-state index >= 15 is 0 Å². The van der Waals surface area contributed by atoms with E-state index in [1.54, 1.807) is 11.3 Å². The van der Waals surface area contributed by atoms with Crippen LogP contribution in [0, 0.1) is 13.8 Å². The Labute approximate surface area is 117 Å². The van der Waals surface area contributed by atoms with Crippen molar-refractivity contribution in [2.24, 2.45) is 0 Å². The lowest BCUT2D eigenvalue weighted by atomic mass is 10.1. The number of nitrogens with one attached hydrogen (secondary N) is 1. The van der Waals surface area contributed by atoms with Crippen LogP contribution in [0.15, 0.2) is 6.07 Å². The van der Waals surface area contributed by atoms with Crippen molar-refractivity contribution in [1.29, 1.82) is 0 Å². The fourth-order valence-electron chi connectivity index (χ4n) is 1.94. The van der Waals surface area contributed by atoms with E-state index in [0.717, 1.165) is 17.8 Å². The van der Waals surface area contributed by atoms with Crippen LogP contribution in [-0.4, -0.2) is 12.7 Å². The molecule has 0 fully saturated rings. The number of hydrogen-bond acceptors (Lipinski definition) is 2. The lowest BCUT2D eigenvalue weighted by molar-refractivity contribution is -0.135. The Bertz CT molecular complexity index is 365. The van der Waals surface area contributed by atoms with Crippen molar-refractivity contribution in [2.45, 2.75) is 58.7 Å². The number of halogens is 3. The predicted octanol–water partition coefficient (Wildman–Crippen LogP) is 5.14. The van der Waals surface area contributed by atoms with Gasteiger partial charge in [-0.15, -0.1) is 11.3 Å². The van der Waals surface area contributed by atoms with Crippen molar-refractivity contribution in [1.82, 2.24) is 5.32 Å². The molecule has 1 atom stereocenters. The first kappa shape index (κ1) is 16.5. The molecule has 0 saturated heterocycles. The van der Waals surface area contributed by atoms with E-state index in [1.165, 1.54) is 10.4 Å². The van der Waals surface area contributed by atoms with Crippen molar-refractivity contribution in [3.8, 4) is 0 Å². The first-order valence-electron chi connectivity index (χ1n) is 6.70. The minimum Gasteiger partial charge on any atom is -0.309 e. The monoisotopic (exact) mass is 293 g/mol. The largest absolute Gasteiger partial charge is 0.389 e. The van der Waals surface area contributed by atoms with Crippen LogP contribution in [0.4, 0.5) is 13.2 Å². The normalized spacial score (nSPS) is 13.8. The molecule has 0 aliphatic heterocycles. The molecule has 110 valence electrons. The molecule has 1 N–H and O–H groups in total. The summed E-state index contributed by atoms with van der Waals surface area (Å²) >= 11 is 1.69. The summed E-state index contributed by atoms with van der Waals surface area (Å²) in [5.74, 6) is 0. The van der Waals surface area contributed by atoms with Gasteiger partial charge >= 0.3 is 6.18 Å². The summed E-state index contributed by atoms with van der Waals surface area (Å²) in [6, 6.07) is 2.15. The number of thiophene rings is 1. The molecule has 0 spiro atoms. The van der Waals surface area contributed by atoms with E-state index in [4.69, 9.17) is 0 Å². The van der Waals surface area contributed by atoms with Gasteiger partial charge in [-0.1, -0.05) is 6.92 Å². The molecule has 0 bridgehead atoms. The van der Waals surface area contributed by atoms with E-state index < -0.39 is 12.6 Å². The van der Waals surface area contributed by atoms with Gasteiger partial charge in [0.15, 0.2) is 0 Å². The molecule has 1 aromatic rings. The summed E-state index contributed by atoms with van der Waals surface area (Å²) in [7, 11) is 0. The standard InChI is InChI=1S/C14H22F3NS/c1-4-8-18-12(6-5-7-14(15,16)17)13-9-10(2)11(3)19-13/h9,12,18H,4-8H2,1-3H3. The van der Waals surface area contributed by atoms with E-state index in [2.05, 4.69) is 25.2 Å². The smallest absolute Gasteiger partial charge is 0.309 e. The lowest BCUT2D eigenvalue weighted by Crippen LogP contribution is -2.22. The quantitative estimate of drug-likeness (QED) is 0.734. The highest BCUT2D eigenvalue weighted by Crippen LogP contribution is 2.31. The van der Waals surface area contributed by atoms with Crippen molar-refractivity contribution in [2.75, 3.05) is 6.54 Å². The zero-order valence-electron chi connectivity index (χ0n) is 11.7. The Morgan fingerprint density at radius 3 is 2.47 bits per heavy atom. The summed E-state index contributed by atoms with van der Waals surface area (Å²) < 4.78 is 36.6. The van der Waals surface area contributed by atoms with Gasteiger partial charge in [0.05, 0.1) is 0 Å². The lowest BCUT2D eigenvalue weighted by Gasteiger charge is -2.17. The fourth-order valence-corrected chi connectivity index (χ4v) is 3.10. The van der Waals surface area contributed by atoms with E-state index in [-0.39, 0.29) is 12.5 Å². The zero-order chi connectivity index (χ0) is 14.5. The molecule has 5 heteroatoms. The van der Waals surface area contributed by atoms with Crippen LogP contribution < -0.4 is 5.32 Å². The Hall–Kier alpha value is -0.550. The SMILES string of the molecule is CCCNC(CCCC(F)(F)F)c1cc(C)c(C)s1. The van der Waals surface area contributed by atoms with Gasteiger partial charge in [-0.2, -0.15) is 13.2 Å². The molecule has 1 unspecified atom stereocenters. The number of rotatable bonds is 7. The summed E-state index contributed by atoms with van der Waals surface area (Å²) in [6.07, 6.45) is -3.03. The first-order valence-corrected chi connectivity index (χ1v) is 7.52. The number of hydrogen-bond donors (Lipinski definition) is 1. The minimum absolute atomic E-state index is 0.0553. The third kappa shape index (κ3) is 5.95. The van der Waals surface area contributed by atoms with Gasteiger partial charge in [-0.3, -0.25) is 0 Å². The zero-order valence-corrected chi connectivity index (χ0v) is 12.5. The Morgan fingerprint density at radius 1 is 1.32 bits per heavy atom. The minimum atomic E-state index is -4.05. The maximum absolute atomic E-state index is 12.2. The maximum Gasteiger partial charge on any atom is 0.389 e. The molecule has 0 aliphatic rings. The Morgan fingerprint density at radius 2 is 2.00 bits per heavy atom. The molecule has 19 heavy (non-hydrogen) atoms. The molecule has 1 heterocycles. The van der Waals surface area contributed by atoms with E-state index in [9.17, 15) is 13.2 Å². The predicted molar refractivity (Wildman–Crippen MR) is 74.7 cm³/mol. The highest BCUT2D eigenvalue weighted by atomic mass is 32.1. The molecular formula is C14H22F3NS. The van der Waals surface area contributed by atoms with Crippen LogP contribution in [0.3, 0.4) is 0 Å². The fraction of sp³-hybridized carbons (Fsp3) is 0.714. The van der Waals surface area contributed by atoms with Crippen LogP contribution in [0.1, 0.15) is 54.0 Å². The summed E-state index contributed by atoms with van der Waals surface area (Å²) in [6.45, 7) is 7.00. The van der Waals surface area contributed by atoms with Crippen LogP contribution >= 0.6 is 11.3 Å². The first-order chi connectivity index (χ1) is 8.83. The topological polar surface area (TPSA) is 12.0 Å². The summed E-state index contributed by atoms with van der Waals surface area (Å²) in [5.41, 5.74) is 1.22. The van der Waals surface area contributed by atoms with Crippen LogP contribution in [0.25, 0.3) is 0 Å². The van der Waals surface area contributed by atoms with Gasteiger partial charge in [-0.05, 0) is 51.3 Å². The van der Waals surface area contributed by atoms with Gasteiger partial charge in [-0.25, -0.2) is 0 Å². The Balaban J connectivity index is 2.61. The third-order valence-electron chi connectivity index (χ3n) is 3.12. The molecular weight excluding hydrogens is 271 g/mol. The maximum atomic E-state index is 12.2. The van der Waals surface area contributed by atoms with Gasteiger partial charge in [0, 0.05) is 22.2 Å². The molecule has 1 nitrogen and oxygen atoms in total. The highest BCUT2D eigenvalue weighted by Gasteiger charge is 2.27. The molecule has 0 radical (unpaired) electrons. The van der Waals surface area contributed by atoms with Gasteiger partial charge < -0.3 is 5.32 Å². The van der Waals surface area contributed by atoms with Crippen LogP contribution in [-0.2, 0) is 0 Å². The van der Waals surface area contributed by atoms with Crippen LogP contribution in [0.2, 0.25) is 0 Å². The number of aryl methyl sites for hydroxylation is 2. The Kier molecular flexibility index (Phi) is 6.33. The molecule has 1 rings (SSSR count). The van der Waals surface area contributed by atoms with Crippen LogP contribution in [0.5, 0.6) is 0 Å². The summed E-state index contributed by atoms with van der Waals surface area (Å²) in [5, 5.41) is 3.36. The second-order valence-electron chi connectivity index (χ2n) is 4.90. The van der Waals surface area contributed by atoms with Crippen molar-refractivity contribution in [3.63, 3.8) is 0 Å². The number of alkyl halides is 3. The van der Waals surface area contributed by atoms with Crippen molar-refractivity contribution in [3.05, 3.63) is 21.4 Å². The highest BCUT2D eigenvalue weighted by molar-refractivity contribution is 7.12. The average molecular weight is 293 g/mol. The van der Waals surface area contributed by atoms with E-state index in [0.29, 0.717) is 6.42 Å².